The first-order valence-corrected chi connectivity index (χ1v) is 12.1. The Morgan fingerprint density at radius 2 is 1.65 bits per heavy atom. The Kier molecular flexibility index (Phi) is 7.50. The van der Waals surface area contributed by atoms with Crippen LogP contribution in [0.15, 0.2) is 48.5 Å². The first kappa shape index (κ1) is 23.8. The zero-order chi connectivity index (χ0) is 24.1. The van der Waals surface area contributed by atoms with E-state index in [1.54, 1.807) is 0 Å². The van der Waals surface area contributed by atoms with Crippen molar-refractivity contribution in [3.63, 3.8) is 0 Å². The fourth-order valence-electron chi connectivity index (χ4n) is 5.16. The predicted molar refractivity (Wildman–Crippen MR) is 128 cm³/mol. The van der Waals surface area contributed by atoms with Crippen LogP contribution in [0.2, 0.25) is 0 Å². The maximum absolute atomic E-state index is 12.6. The van der Waals surface area contributed by atoms with Crippen LogP contribution in [0.3, 0.4) is 0 Å². The molecule has 2 aromatic rings. The molecule has 2 amide bonds. The van der Waals surface area contributed by atoms with Crippen molar-refractivity contribution in [3.05, 3.63) is 59.7 Å². The van der Waals surface area contributed by atoms with Crippen molar-refractivity contribution in [1.82, 2.24) is 10.6 Å². The molecule has 4 rings (SSSR count). The van der Waals surface area contributed by atoms with Gasteiger partial charge in [0.05, 0.1) is 0 Å². The third-order valence-electron chi connectivity index (χ3n) is 6.80. The number of carboxylic acids is 1. The summed E-state index contributed by atoms with van der Waals surface area (Å²) >= 11 is 0. The van der Waals surface area contributed by atoms with E-state index in [1.165, 1.54) is 11.1 Å². The number of hydrogen-bond acceptors (Lipinski definition) is 4. The van der Waals surface area contributed by atoms with Crippen LogP contribution in [0, 0.1) is 5.92 Å². The van der Waals surface area contributed by atoms with Crippen molar-refractivity contribution >= 4 is 18.0 Å². The van der Waals surface area contributed by atoms with Crippen molar-refractivity contribution in [2.75, 3.05) is 6.61 Å². The molecule has 2 aliphatic carbocycles. The summed E-state index contributed by atoms with van der Waals surface area (Å²) in [6, 6.07) is 16.1. The largest absolute Gasteiger partial charge is 0.481 e. The molecular formula is C27H32N2O5. The minimum absolute atomic E-state index is 0.0107. The van der Waals surface area contributed by atoms with Crippen LogP contribution >= 0.6 is 0 Å². The fraction of sp³-hybridized carbons (Fsp3) is 0.444. The van der Waals surface area contributed by atoms with E-state index in [-0.39, 0.29) is 49.3 Å². The van der Waals surface area contributed by atoms with Crippen molar-refractivity contribution < 1.29 is 24.2 Å². The highest BCUT2D eigenvalue weighted by Crippen LogP contribution is 2.44. The Morgan fingerprint density at radius 1 is 1.03 bits per heavy atom. The summed E-state index contributed by atoms with van der Waals surface area (Å²) in [7, 11) is 0. The van der Waals surface area contributed by atoms with Crippen LogP contribution in [0.4, 0.5) is 4.79 Å². The Labute approximate surface area is 199 Å². The number of carboxylic acid groups (broad SMARTS) is 1. The van der Waals surface area contributed by atoms with Gasteiger partial charge in [-0.25, -0.2) is 4.79 Å². The predicted octanol–water partition coefficient (Wildman–Crippen LogP) is 4.45. The molecule has 0 aromatic heterocycles. The minimum atomic E-state index is -0.801. The second-order valence-electron chi connectivity index (χ2n) is 9.36. The van der Waals surface area contributed by atoms with Crippen LogP contribution in [0.25, 0.3) is 11.1 Å². The summed E-state index contributed by atoms with van der Waals surface area (Å²) in [4.78, 5) is 35.8. The standard InChI is InChI=1S/C27H32N2O5/c1-2-7-18(15-25(30)28-19-12-17(13-19)14-26(31)32)29-27(33)34-16-24-22-10-5-3-8-20(22)21-9-4-6-11-23(21)24/h3-6,8-11,17-19,24H,2,7,12-16H2,1H3,(H,28,30)(H,29,33)(H,31,32)/t17?,18-,19?/m0/s1. The first-order chi connectivity index (χ1) is 16.4. The molecule has 2 aliphatic rings. The van der Waals surface area contributed by atoms with Gasteiger partial charge in [0.1, 0.15) is 6.61 Å². The Bertz CT molecular complexity index is 1000. The van der Waals surface area contributed by atoms with Crippen molar-refractivity contribution in [2.24, 2.45) is 5.92 Å². The molecule has 7 nitrogen and oxygen atoms in total. The van der Waals surface area contributed by atoms with Crippen molar-refractivity contribution in [2.45, 2.75) is 63.5 Å². The maximum Gasteiger partial charge on any atom is 0.407 e. The van der Waals surface area contributed by atoms with Crippen molar-refractivity contribution in [1.29, 1.82) is 0 Å². The molecule has 3 N–H and O–H groups in total. The van der Waals surface area contributed by atoms with Gasteiger partial charge in [-0.3, -0.25) is 9.59 Å². The lowest BCUT2D eigenvalue weighted by molar-refractivity contribution is -0.139. The molecule has 0 heterocycles. The topological polar surface area (TPSA) is 105 Å². The van der Waals surface area contributed by atoms with E-state index in [2.05, 4.69) is 34.9 Å². The minimum Gasteiger partial charge on any atom is -0.481 e. The lowest BCUT2D eigenvalue weighted by Crippen LogP contribution is -2.47. The second kappa shape index (κ2) is 10.7. The molecule has 0 saturated heterocycles. The normalized spacial score (nSPS) is 19.3. The number of carbonyl (C=O) groups excluding carboxylic acids is 2. The number of carbonyl (C=O) groups is 3. The summed E-state index contributed by atoms with van der Waals surface area (Å²) in [6.07, 6.45) is 2.69. The average molecular weight is 465 g/mol. The number of ether oxygens (including phenoxy) is 1. The summed E-state index contributed by atoms with van der Waals surface area (Å²) < 4.78 is 5.63. The van der Waals surface area contributed by atoms with Crippen LogP contribution < -0.4 is 10.6 Å². The molecule has 0 bridgehead atoms. The van der Waals surface area contributed by atoms with Gasteiger partial charge in [0.15, 0.2) is 0 Å². The number of nitrogens with one attached hydrogen (secondary N) is 2. The molecule has 7 heteroatoms. The molecular weight excluding hydrogens is 432 g/mol. The van der Waals surface area contributed by atoms with E-state index in [4.69, 9.17) is 9.84 Å². The van der Waals surface area contributed by atoms with E-state index in [1.807, 2.05) is 31.2 Å². The lowest BCUT2D eigenvalue weighted by atomic mass is 9.78. The molecule has 1 fully saturated rings. The van der Waals surface area contributed by atoms with Gasteiger partial charge in [-0.2, -0.15) is 0 Å². The SMILES string of the molecule is CCC[C@@H](CC(=O)NC1CC(CC(=O)O)C1)NC(=O)OCC1c2ccccc2-c2ccccc21. The molecule has 1 atom stereocenters. The summed E-state index contributed by atoms with van der Waals surface area (Å²) in [5.41, 5.74) is 4.66. The Morgan fingerprint density at radius 3 is 2.24 bits per heavy atom. The molecule has 1 saturated carbocycles. The third kappa shape index (κ3) is 5.58. The van der Waals surface area contributed by atoms with Gasteiger partial charge in [-0.15, -0.1) is 0 Å². The molecule has 34 heavy (non-hydrogen) atoms. The fourth-order valence-corrected chi connectivity index (χ4v) is 5.16. The molecule has 2 aromatic carbocycles. The second-order valence-corrected chi connectivity index (χ2v) is 9.36. The number of hydrogen-bond donors (Lipinski definition) is 3. The van der Waals surface area contributed by atoms with E-state index in [0.29, 0.717) is 19.3 Å². The Balaban J connectivity index is 1.27. The summed E-state index contributed by atoms with van der Waals surface area (Å²) in [6.45, 7) is 2.24. The highest BCUT2D eigenvalue weighted by molar-refractivity contribution is 5.80. The summed E-state index contributed by atoms with van der Waals surface area (Å²) in [5.74, 6) is -0.808. The molecule has 0 spiro atoms. The zero-order valence-corrected chi connectivity index (χ0v) is 19.5. The molecule has 0 aliphatic heterocycles. The number of amides is 2. The molecule has 0 unspecified atom stereocenters. The van der Waals surface area contributed by atoms with Crippen LogP contribution in [-0.2, 0) is 14.3 Å². The average Bonchev–Trinajstić information content (AvgIpc) is 3.10. The lowest BCUT2D eigenvalue weighted by Gasteiger charge is -2.35. The number of alkyl carbamates (subject to hydrolysis) is 1. The van der Waals surface area contributed by atoms with Gasteiger partial charge < -0.3 is 20.5 Å². The summed E-state index contributed by atoms with van der Waals surface area (Å²) in [5, 5.41) is 14.7. The van der Waals surface area contributed by atoms with Gasteiger partial charge >= 0.3 is 12.1 Å². The number of fused-ring (bicyclic) bond motifs is 3. The highest BCUT2D eigenvalue weighted by Gasteiger charge is 2.32. The highest BCUT2D eigenvalue weighted by atomic mass is 16.5. The van der Waals surface area contributed by atoms with Gasteiger partial charge in [0, 0.05) is 30.8 Å². The molecule has 0 radical (unpaired) electrons. The van der Waals surface area contributed by atoms with Crippen LogP contribution in [0.5, 0.6) is 0 Å². The number of benzene rings is 2. The number of aliphatic carboxylic acids is 1. The van der Waals surface area contributed by atoms with Gasteiger partial charge in [-0.05, 0) is 47.4 Å². The smallest absolute Gasteiger partial charge is 0.407 e. The monoisotopic (exact) mass is 464 g/mol. The van der Waals surface area contributed by atoms with Gasteiger partial charge in [0.25, 0.3) is 0 Å². The van der Waals surface area contributed by atoms with E-state index in [9.17, 15) is 14.4 Å². The van der Waals surface area contributed by atoms with Crippen LogP contribution in [-0.4, -0.2) is 41.8 Å². The van der Waals surface area contributed by atoms with E-state index < -0.39 is 12.1 Å². The zero-order valence-electron chi connectivity index (χ0n) is 19.5. The molecule has 180 valence electrons. The van der Waals surface area contributed by atoms with E-state index >= 15 is 0 Å². The first-order valence-electron chi connectivity index (χ1n) is 12.1. The van der Waals surface area contributed by atoms with Crippen LogP contribution in [0.1, 0.15) is 62.5 Å². The number of rotatable bonds is 10. The third-order valence-corrected chi connectivity index (χ3v) is 6.80. The van der Waals surface area contributed by atoms with Gasteiger partial charge in [0.2, 0.25) is 5.91 Å². The van der Waals surface area contributed by atoms with Crippen molar-refractivity contribution in [3.8, 4) is 11.1 Å². The van der Waals surface area contributed by atoms with Gasteiger partial charge in [-0.1, -0.05) is 61.9 Å². The quantitative estimate of drug-likeness (QED) is 0.482. The Hall–Kier alpha value is -3.35. The van der Waals surface area contributed by atoms with E-state index in [0.717, 1.165) is 17.5 Å². The maximum atomic E-state index is 12.6.